The van der Waals surface area contributed by atoms with E-state index in [1.807, 2.05) is 5.32 Å². The molecular formula is C27H20ClF9N4O5. The van der Waals surface area contributed by atoms with Crippen LogP contribution in [0.2, 0.25) is 5.02 Å². The Morgan fingerprint density at radius 2 is 1.65 bits per heavy atom. The second-order valence-electron chi connectivity index (χ2n) is 11.1. The number of carboxylic acid groups (broad SMARTS) is 1. The quantitative estimate of drug-likeness (QED) is 0.364. The molecule has 2 N–H and O–H groups in total. The minimum Gasteiger partial charge on any atom is -0.475 e. The Morgan fingerprint density at radius 3 is 2.13 bits per heavy atom. The standard InChI is InChI=1S/C25H19ClF6N4O3.C2HF3O2/c26-15-3-12(27)4-16(28)18(15)36-6-14(23(38)33-20(11-1-2-11)25(30,31)32)19(37)13-5-17(29)22(34-21(13)36)35-7-24(8-35)9-39-10-24;3-2(4,5)1(6)7/h3-6,11,20H,1-2,7-10H2,(H,33,38);(H,6,7). The first-order valence-electron chi connectivity index (χ1n) is 13.2. The zero-order valence-electron chi connectivity index (χ0n) is 22.9. The van der Waals surface area contributed by atoms with Crippen molar-refractivity contribution in [1.82, 2.24) is 14.9 Å². The minimum absolute atomic E-state index is 0.131. The van der Waals surface area contributed by atoms with E-state index in [1.165, 1.54) is 0 Å². The van der Waals surface area contributed by atoms with Crippen molar-refractivity contribution in [2.24, 2.45) is 11.3 Å². The van der Waals surface area contributed by atoms with Crippen LogP contribution in [0.25, 0.3) is 16.7 Å². The lowest BCUT2D eigenvalue weighted by molar-refractivity contribution is -0.192. The van der Waals surface area contributed by atoms with Gasteiger partial charge < -0.3 is 20.1 Å². The number of alkyl halides is 6. The monoisotopic (exact) mass is 686 g/mol. The number of nitrogens with zero attached hydrogens (tertiary/aromatic N) is 3. The Bertz CT molecular complexity index is 1760. The van der Waals surface area contributed by atoms with Crippen LogP contribution in [-0.4, -0.2) is 71.2 Å². The third-order valence-corrected chi connectivity index (χ3v) is 7.81. The Morgan fingerprint density at radius 1 is 1.04 bits per heavy atom. The molecule has 1 spiro atoms. The molecule has 3 aromatic rings. The van der Waals surface area contributed by atoms with Gasteiger partial charge in [0.05, 0.1) is 29.0 Å². The van der Waals surface area contributed by atoms with Crippen LogP contribution in [0, 0.1) is 28.8 Å². The van der Waals surface area contributed by atoms with Crippen LogP contribution in [0.5, 0.6) is 0 Å². The SMILES string of the molecule is O=C(NC(C1CC1)C(F)(F)F)c1cn(-c2c(F)cc(F)cc2Cl)c2nc(N3CC4(COC4)C3)c(F)cc2c1=O.O=C(O)C(F)(F)F. The molecule has 19 heteroatoms. The number of amides is 1. The predicted molar refractivity (Wildman–Crippen MR) is 141 cm³/mol. The Hall–Kier alpha value is -4.06. The van der Waals surface area contributed by atoms with Crippen LogP contribution in [0.3, 0.4) is 0 Å². The number of anilines is 1. The van der Waals surface area contributed by atoms with Crippen LogP contribution >= 0.6 is 11.6 Å². The maximum Gasteiger partial charge on any atom is 0.490 e. The fourth-order valence-electron chi connectivity index (χ4n) is 5.14. The lowest BCUT2D eigenvalue weighted by atomic mass is 9.78. The first kappa shape index (κ1) is 33.3. The molecule has 1 unspecified atom stereocenters. The molecule has 0 bridgehead atoms. The number of carbonyl (C=O) groups excluding carboxylic acids is 1. The summed E-state index contributed by atoms with van der Waals surface area (Å²) < 4.78 is 122. The molecule has 2 aliphatic heterocycles. The maximum atomic E-state index is 15.2. The molecule has 2 aromatic heterocycles. The van der Waals surface area contributed by atoms with Crippen molar-refractivity contribution in [3.05, 3.63) is 62.7 Å². The summed E-state index contributed by atoms with van der Waals surface area (Å²) >= 11 is 6.12. The molecule has 2 saturated heterocycles. The van der Waals surface area contributed by atoms with Gasteiger partial charge in [-0.2, -0.15) is 26.3 Å². The number of fused-ring (bicyclic) bond motifs is 1. The van der Waals surface area contributed by atoms with Gasteiger partial charge in [0.25, 0.3) is 5.91 Å². The number of hydrogen-bond donors (Lipinski definition) is 2. The van der Waals surface area contributed by atoms with E-state index in [4.69, 9.17) is 26.2 Å². The number of benzene rings is 1. The highest BCUT2D eigenvalue weighted by molar-refractivity contribution is 6.32. The number of aliphatic carboxylic acids is 1. The van der Waals surface area contributed by atoms with E-state index in [9.17, 15) is 40.3 Å². The molecule has 248 valence electrons. The Balaban J connectivity index is 0.000000537. The van der Waals surface area contributed by atoms with Crippen LogP contribution in [0.4, 0.5) is 45.3 Å². The van der Waals surface area contributed by atoms with E-state index in [2.05, 4.69) is 4.98 Å². The highest BCUT2D eigenvalue weighted by Gasteiger charge is 2.51. The van der Waals surface area contributed by atoms with Crippen LogP contribution < -0.4 is 15.6 Å². The smallest absolute Gasteiger partial charge is 0.475 e. The van der Waals surface area contributed by atoms with Gasteiger partial charge in [-0.25, -0.2) is 22.9 Å². The number of halogens is 10. The third kappa shape index (κ3) is 6.44. The summed E-state index contributed by atoms with van der Waals surface area (Å²) in [7, 11) is 0. The van der Waals surface area contributed by atoms with E-state index >= 15 is 8.78 Å². The summed E-state index contributed by atoms with van der Waals surface area (Å²) in [5.41, 5.74) is -2.90. The molecule has 6 rings (SSSR count). The Kier molecular flexibility index (Phi) is 8.42. The van der Waals surface area contributed by atoms with Gasteiger partial charge in [0.2, 0.25) is 5.43 Å². The molecule has 3 fully saturated rings. The topological polar surface area (TPSA) is 114 Å². The van der Waals surface area contributed by atoms with Gasteiger partial charge in [0, 0.05) is 25.4 Å². The van der Waals surface area contributed by atoms with Crippen molar-refractivity contribution < 1.29 is 58.9 Å². The third-order valence-electron chi connectivity index (χ3n) is 7.52. The largest absolute Gasteiger partial charge is 0.490 e. The van der Waals surface area contributed by atoms with Crippen molar-refractivity contribution in [2.45, 2.75) is 31.2 Å². The fourth-order valence-corrected chi connectivity index (χ4v) is 5.42. The fraction of sp³-hybridized carbons (Fsp3) is 0.407. The van der Waals surface area contributed by atoms with E-state index in [0.29, 0.717) is 32.4 Å². The number of carbonyl (C=O) groups is 2. The maximum absolute atomic E-state index is 15.2. The first-order valence-corrected chi connectivity index (χ1v) is 13.6. The van der Waals surface area contributed by atoms with Crippen LogP contribution in [-0.2, 0) is 9.53 Å². The van der Waals surface area contributed by atoms with Gasteiger partial charge >= 0.3 is 18.3 Å². The molecule has 1 saturated carbocycles. The number of aromatic nitrogens is 2. The zero-order valence-corrected chi connectivity index (χ0v) is 23.7. The number of rotatable bonds is 5. The summed E-state index contributed by atoms with van der Waals surface area (Å²) in [6.07, 6.45) is -8.59. The van der Waals surface area contributed by atoms with Crippen LogP contribution in [0.1, 0.15) is 23.2 Å². The van der Waals surface area contributed by atoms with Crippen molar-refractivity contribution in [2.75, 3.05) is 31.2 Å². The van der Waals surface area contributed by atoms with Gasteiger partial charge in [-0.05, 0) is 30.9 Å². The Labute approximate surface area is 256 Å². The number of hydrogen-bond acceptors (Lipinski definition) is 6. The van der Waals surface area contributed by atoms with Gasteiger partial charge in [-0.15, -0.1) is 0 Å². The van der Waals surface area contributed by atoms with Gasteiger partial charge in [0.15, 0.2) is 23.1 Å². The summed E-state index contributed by atoms with van der Waals surface area (Å²) in [5, 5.41) is 7.99. The lowest BCUT2D eigenvalue weighted by Crippen LogP contribution is -2.66. The van der Waals surface area contributed by atoms with Crippen molar-refractivity contribution in [3.63, 3.8) is 0 Å². The molecular weight excluding hydrogens is 667 g/mol. The molecule has 1 atom stereocenters. The van der Waals surface area contributed by atoms with E-state index in [1.54, 1.807) is 4.90 Å². The average molecular weight is 687 g/mol. The second kappa shape index (κ2) is 11.6. The van der Waals surface area contributed by atoms with E-state index < -0.39 is 80.7 Å². The van der Waals surface area contributed by atoms with Crippen LogP contribution in [0.15, 0.2) is 29.2 Å². The molecule has 4 heterocycles. The molecule has 1 aromatic carbocycles. The summed E-state index contributed by atoms with van der Waals surface area (Å²) in [4.78, 5) is 41.0. The molecule has 1 aliphatic carbocycles. The molecule has 3 aliphatic rings. The number of ether oxygens (including phenoxy) is 1. The van der Waals surface area contributed by atoms with Crippen molar-refractivity contribution in [1.29, 1.82) is 0 Å². The number of carboxylic acids is 1. The van der Waals surface area contributed by atoms with Gasteiger partial charge in [-0.1, -0.05) is 11.6 Å². The highest BCUT2D eigenvalue weighted by atomic mass is 35.5. The zero-order chi connectivity index (χ0) is 33.9. The molecule has 0 radical (unpaired) electrons. The number of pyridine rings is 2. The summed E-state index contributed by atoms with van der Waals surface area (Å²) in [5.74, 6) is -8.29. The average Bonchev–Trinajstić information content (AvgIpc) is 3.71. The second-order valence-corrected chi connectivity index (χ2v) is 11.5. The van der Waals surface area contributed by atoms with E-state index in [-0.39, 0.29) is 29.7 Å². The molecule has 1 amide bonds. The van der Waals surface area contributed by atoms with Gasteiger partial charge in [0.1, 0.15) is 23.1 Å². The van der Waals surface area contributed by atoms with E-state index in [0.717, 1.165) is 22.9 Å². The van der Waals surface area contributed by atoms with Crippen molar-refractivity contribution in [3.8, 4) is 5.69 Å². The van der Waals surface area contributed by atoms with Crippen molar-refractivity contribution >= 4 is 40.3 Å². The lowest BCUT2D eigenvalue weighted by Gasteiger charge is -2.55. The predicted octanol–water partition coefficient (Wildman–Crippen LogP) is 5.00. The minimum atomic E-state index is -5.08. The normalized spacial score (nSPS) is 17.9. The summed E-state index contributed by atoms with van der Waals surface area (Å²) in [6.45, 7) is 1.83. The molecule has 46 heavy (non-hydrogen) atoms. The van der Waals surface area contributed by atoms with Gasteiger partial charge in [-0.3, -0.25) is 14.2 Å². The summed E-state index contributed by atoms with van der Waals surface area (Å²) in [6, 6.07) is -0.132. The highest BCUT2D eigenvalue weighted by Crippen LogP contribution is 2.42. The number of nitrogens with one attached hydrogen (secondary N) is 1. The molecule has 9 nitrogen and oxygen atoms in total. The first-order chi connectivity index (χ1) is 21.3.